The molecule has 4 nitrogen and oxygen atoms in total. The lowest BCUT2D eigenvalue weighted by Crippen LogP contribution is -2.35. The molecule has 1 aromatic carbocycles. The summed E-state index contributed by atoms with van der Waals surface area (Å²) in [4.78, 5) is 16.5. The first-order valence-electron chi connectivity index (χ1n) is 6.92. The van der Waals surface area contributed by atoms with Crippen LogP contribution in [0.15, 0.2) is 18.2 Å². The summed E-state index contributed by atoms with van der Waals surface area (Å²) >= 11 is 0. The predicted molar refractivity (Wildman–Crippen MR) is 78.2 cm³/mol. The fourth-order valence-corrected chi connectivity index (χ4v) is 2.48. The molecule has 0 radical (unpaired) electrons. The van der Waals surface area contributed by atoms with Gasteiger partial charge in [-0.15, -0.1) is 0 Å². The second-order valence-electron chi connectivity index (χ2n) is 5.37. The van der Waals surface area contributed by atoms with E-state index in [4.69, 9.17) is 5.73 Å². The van der Waals surface area contributed by atoms with Crippen LogP contribution < -0.4 is 5.73 Å². The molecule has 1 aliphatic heterocycles. The molecule has 1 heterocycles. The molecule has 0 bridgehead atoms. The molecular weight excluding hydrogens is 238 g/mol. The molecule has 0 atom stereocenters. The van der Waals surface area contributed by atoms with Gasteiger partial charge >= 0.3 is 0 Å². The molecule has 0 spiro atoms. The van der Waals surface area contributed by atoms with Crippen molar-refractivity contribution in [3.63, 3.8) is 0 Å². The minimum atomic E-state index is 0.0108. The number of nitrogens with zero attached hydrogens (tertiary/aromatic N) is 2. The van der Waals surface area contributed by atoms with E-state index in [1.54, 1.807) is 4.90 Å². The van der Waals surface area contributed by atoms with Gasteiger partial charge in [-0.3, -0.25) is 4.79 Å². The topological polar surface area (TPSA) is 49.6 Å². The number of carbonyl (C=O) groups is 1. The third kappa shape index (κ3) is 3.47. The average Bonchev–Trinajstić information content (AvgIpc) is 2.88. The third-order valence-corrected chi connectivity index (χ3v) is 3.73. The summed E-state index contributed by atoms with van der Waals surface area (Å²) in [5.74, 6) is 0.0108. The largest absolute Gasteiger partial charge is 0.398 e. The molecule has 1 fully saturated rings. The monoisotopic (exact) mass is 261 g/mol. The van der Waals surface area contributed by atoms with Crippen molar-refractivity contribution in [1.29, 1.82) is 0 Å². The molecule has 1 aliphatic rings. The number of anilines is 1. The number of hydrogen-bond donors (Lipinski definition) is 1. The number of amides is 1. The van der Waals surface area contributed by atoms with Gasteiger partial charge < -0.3 is 15.5 Å². The molecule has 0 unspecified atom stereocenters. The van der Waals surface area contributed by atoms with Crippen LogP contribution in [0, 0.1) is 6.92 Å². The van der Waals surface area contributed by atoms with Crippen molar-refractivity contribution in [2.45, 2.75) is 19.8 Å². The van der Waals surface area contributed by atoms with Crippen LogP contribution in [-0.4, -0.2) is 48.9 Å². The predicted octanol–water partition coefficient (Wildman–Crippen LogP) is 1.75. The maximum absolute atomic E-state index is 12.3. The van der Waals surface area contributed by atoms with Gasteiger partial charge in [0.05, 0.1) is 5.56 Å². The van der Waals surface area contributed by atoms with E-state index in [1.807, 2.05) is 32.2 Å². The average molecular weight is 261 g/mol. The number of carbonyl (C=O) groups excluding carboxylic acids is 1. The summed E-state index contributed by atoms with van der Waals surface area (Å²) in [5, 5.41) is 0. The maximum atomic E-state index is 12.3. The number of nitrogens with two attached hydrogens (primary N) is 1. The van der Waals surface area contributed by atoms with E-state index in [9.17, 15) is 4.79 Å². The van der Waals surface area contributed by atoms with Crippen molar-refractivity contribution in [2.24, 2.45) is 0 Å². The van der Waals surface area contributed by atoms with Gasteiger partial charge in [0.2, 0.25) is 0 Å². The summed E-state index contributed by atoms with van der Waals surface area (Å²) in [6.45, 7) is 6.01. The Morgan fingerprint density at radius 1 is 1.37 bits per heavy atom. The van der Waals surface area contributed by atoms with E-state index < -0.39 is 0 Å². The molecule has 1 aromatic rings. The molecular formula is C15H23N3O. The Labute approximate surface area is 115 Å². The summed E-state index contributed by atoms with van der Waals surface area (Å²) in [5.41, 5.74) is 8.17. The van der Waals surface area contributed by atoms with Gasteiger partial charge in [0.1, 0.15) is 0 Å². The molecule has 2 N–H and O–H groups in total. The zero-order chi connectivity index (χ0) is 13.8. The molecule has 4 heteroatoms. The van der Waals surface area contributed by atoms with Gasteiger partial charge in [-0.25, -0.2) is 0 Å². The smallest absolute Gasteiger partial charge is 0.255 e. The number of aryl methyl sites for hydroxylation is 1. The summed E-state index contributed by atoms with van der Waals surface area (Å²) in [7, 11) is 1.84. The molecule has 0 saturated carbocycles. The highest BCUT2D eigenvalue weighted by Crippen LogP contribution is 2.16. The number of likely N-dealkylation sites (N-methyl/N-ethyl adjacent to an activating group) is 1. The first-order chi connectivity index (χ1) is 9.08. The van der Waals surface area contributed by atoms with E-state index in [2.05, 4.69) is 4.90 Å². The molecule has 1 saturated heterocycles. The number of likely N-dealkylation sites (tertiary alicyclic amines) is 1. The Hall–Kier alpha value is -1.55. The van der Waals surface area contributed by atoms with Gasteiger partial charge in [0.15, 0.2) is 0 Å². The van der Waals surface area contributed by atoms with Crippen LogP contribution in [0.1, 0.15) is 28.8 Å². The lowest BCUT2D eigenvalue weighted by molar-refractivity contribution is 0.0783. The van der Waals surface area contributed by atoms with E-state index in [0.29, 0.717) is 11.3 Å². The Bertz CT molecular complexity index is 453. The van der Waals surface area contributed by atoms with Crippen molar-refractivity contribution < 1.29 is 4.79 Å². The zero-order valence-corrected chi connectivity index (χ0v) is 11.9. The maximum Gasteiger partial charge on any atom is 0.255 e. The Morgan fingerprint density at radius 2 is 2.05 bits per heavy atom. The van der Waals surface area contributed by atoms with Crippen LogP contribution >= 0.6 is 0 Å². The van der Waals surface area contributed by atoms with Gasteiger partial charge in [0, 0.05) is 25.8 Å². The first-order valence-corrected chi connectivity index (χ1v) is 6.92. The fourth-order valence-electron chi connectivity index (χ4n) is 2.48. The summed E-state index contributed by atoms with van der Waals surface area (Å²) < 4.78 is 0. The zero-order valence-electron chi connectivity index (χ0n) is 11.9. The molecule has 104 valence electrons. The minimum Gasteiger partial charge on any atom is -0.398 e. The van der Waals surface area contributed by atoms with Gasteiger partial charge in [-0.05, 0) is 50.6 Å². The Kier molecular flexibility index (Phi) is 4.43. The Morgan fingerprint density at radius 3 is 2.68 bits per heavy atom. The van der Waals surface area contributed by atoms with Crippen LogP contribution in [-0.2, 0) is 0 Å². The fraction of sp³-hybridized carbons (Fsp3) is 0.533. The molecule has 1 amide bonds. The second kappa shape index (κ2) is 6.06. The van der Waals surface area contributed by atoms with Crippen LogP contribution in [0.5, 0.6) is 0 Å². The Balaban J connectivity index is 1.94. The van der Waals surface area contributed by atoms with Crippen molar-refractivity contribution in [3.8, 4) is 0 Å². The van der Waals surface area contributed by atoms with Crippen LogP contribution in [0.4, 0.5) is 5.69 Å². The third-order valence-electron chi connectivity index (χ3n) is 3.73. The second-order valence-corrected chi connectivity index (χ2v) is 5.37. The van der Waals surface area contributed by atoms with E-state index >= 15 is 0 Å². The van der Waals surface area contributed by atoms with E-state index in [0.717, 1.165) is 31.7 Å². The van der Waals surface area contributed by atoms with E-state index in [1.165, 1.54) is 12.8 Å². The number of rotatable bonds is 4. The lowest BCUT2D eigenvalue weighted by atomic mass is 10.1. The highest BCUT2D eigenvalue weighted by Gasteiger charge is 2.17. The summed E-state index contributed by atoms with van der Waals surface area (Å²) in [6, 6.07) is 5.60. The number of nitrogen functional groups attached to an aromatic ring is 1. The van der Waals surface area contributed by atoms with Crippen LogP contribution in [0.3, 0.4) is 0 Å². The summed E-state index contributed by atoms with van der Waals surface area (Å²) in [6.07, 6.45) is 2.56. The van der Waals surface area contributed by atoms with Crippen molar-refractivity contribution in [3.05, 3.63) is 29.3 Å². The van der Waals surface area contributed by atoms with Crippen molar-refractivity contribution >= 4 is 11.6 Å². The molecule has 0 aromatic heterocycles. The first kappa shape index (κ1) is 13.9. The molecule has 19 heavy (non-hydrogen) atoms. The quantitative estimate of drug-likeness (QED) is 0.840. The minimum absolute atomic E-state index is 0.0108. The molecule has 2 rings (SSSR count). The van der Waals surface area contributed by atoms with Gasteiger partial charge in [0.25, 0.3) is 5.91 Å². The van der Waals surface area contributed by atoms with Gasteiger partial charge in [-0.1, -0.05) is 6.07 Å². The number of benzene rings is 1. The van der Waals surface area contributed by atoms with Crippen molar-refractivity contribution in [2.75, 3.05) is 39.0 Å². The number of hydrogen-bond acceptors (Lipinski definition) is 3. The standard InChI is InChI=1S/C15H23N3O/c1-12-5-6-13(14(16)11-12)15(19)17(2)9-10-18-7-3-4-8-18/h5-6,11H,3-4,7-10,16H2,1-2H3. The van der Waals surface area contributed by atoms with Gasteiger partial charge in [-0.2, -0.15) is 0 Å². The highest BCUT2D eigenvalue weighted by atomic mass is 16.2. The van der Waals surface area contributed by atoms with Crippen LogP contribution in [0.25, 0.3) is 0 Å². The van der Waals surface area contributed by atoms with Crippen LogP contribution in [0.2, 0.25) is 0 Å². The van der Waals surface area contributed by atoms with Crippen molar-refractivity contribution in [1.82, 2.24) is 9.80 Å². The normalized spacial score (nSPS) is 15.7. The molecule has 0 aliphatic carbocycles. The highest BCUT2D eigenvalue weighted by molar-refractivity contribution is 5.99. The SMILES string of the molecule is Cc1ccc(C(=O)N(C)CCN2CCCC2)c(N)c1. The van der Waals surface area contributed by atoms with E-state index in [-0.39, 0.29) is 5.91 Å². The lowest BCUT2D eigenvalue weighted by Gasteiger charge is -2.22.